The van der Waals surface area contributed by atoms with Crippen LogP contribution in [0.15, 0.2) is 42.5 Å². The topological polar surface area (TPSA) is 24.5 Å². The SMILES string of the molecule is CCC(C)c1ccc2c(c1)C(NC1CN3CCC1CC3)c1ccccc1CO2. The van der Waals surface area contributed by atoms with E-state index in [9.17, 15) is 0 Å². The van der Waals surface area contributed by atoms with Crippen molar-refractivity contribution < 1.29 is 4.74 Å². The van der Waals surface area contributed by atoms with Gasteiger partial charge in [-0.3, -0.25) is 0 Å². The van der Waals surface area contributed by atoms with Crippen LogP contribution < -0.4 is 10.1 Å². The van der Waals surface area contributed by atoms with E-state index >= 15 is 0 Å². The van der Waals surface area contributed by atoms with E-state index in [1.54, 1.807) is 0 Å². The van der Waals surface area contributed by atoms with E-state index in [0.717, 1.165) is 18.1 Å². The van der Waals surface area contributed by atoms with Crippen molar-refractivity contribution in [1.82, 2.24) is 10.2 Å². The maximum atomic E-state index is 6.27. The summed E-state index contributed by atoms with van der Waals surface area (Å²) in [7, 11) is 0. The smallest absolute Gasteiger partial charge is 0.124 e. The van der Waals surface area contributed by atoms with Crippen LogP contribution in [-0.4, -0.2) is 30.6 Å². The molecule has 0 aromatic heterocycles. The van der Waals surface area contributed by atoms with Crippen LogP contribution in [-0.2, 0) is 6.61 Å². The molecule has 3 atom stereocenters. The predicted octanol–water partition coefficient (Wildman–Crippen LogP) is 4.87. The van der Waals surface area contributed by atoms with Crippen molar-refractivity contribution in [3.63, 3.8) is 0 Å². The Labute approximate surface area is 169 Å². The molecule has 4 aliphatic rings. The maximum absolute atomic E-state index is 6.27. The molecule has 2 bridgehead atoms. The van der Waals surface area contributed by atoms with Gasteiger partial charge < -0.3 is 15.0 Å². The molecule has 0 amide bonds. The minimum atomic E-state index is 0.211. The Bertz CT molecular complexity index is 840. The third kappa shape index (κ3) is 3.25. The lowest BCUT2D eigenvalue weighted by atomic mass is 9.82. The van der Waals surface area contributed by atoms with Crippen LogP contribution in [0.25, 0.3) is 0 Å². The first-order chi connectivity index (χ1) is 13.7. The Balaban J connectivity index is 1.55. The van der Waals surface area contributed by atoms with Gasteiger partial charge in [-0.05, 0) is 73.0 Å². The van der Waals surface area contributed by atoms with E-state index in [1.165, 1.54) is 54.7 Å². The number of hydrogen-bond acceptors (Lipinski definition) is 3. The van der Waals surface area contributed by atoms with Gasteiger partial charge in [-0.2, -0.15) is 0 Å². The van der Waals surface area contributed by atoms with E-state index in [1.807, 2.05) is 0 Å². The Hall–Kier alpha value is -1.84. The molecule has 2 aromatic rings. The van der Waals surface area contributed by atoms with Crippen molar-refractivity contribution in [3.05, 3.63) is 64.7 Å². The lowest BCUT2D eigenvalue weighted by molar-refractivity contribution is 0.0691. The molecule has 0 radical (unpaired) electrons. The van der Waals surface area contributed by atoms with E-state index in [0.29, 0.717) is 18.6 Å². The molecule has 3 unspecified atom stereocenters. The standard InChI is InChI=1S/C25H32N2O/c1-3-17(2)19-8-9-24-22(14-19)25(21-7-5-4-6-20(21)16-28-24)26-23-15-27-12-10-18(23)11-13-27/h4-9,14,17-18,23,25-26H,3,10-13,15-16H2,1-2H3. The molecule has 3 heteroatoms. The molecule has 0 saturated carbocycles. The molecule has 4 heterocycles. The summed E-state index contributed by atoms with van der Waals surface area (Å²) in [4.78, 5) is 2.63. The molecular weight excluding hydrogens is 344 g/mol. The van der Waals surface area contributed by atoms with E-state index in [4.69, 9.17) is 4.74 Å². The van der Waals surface area contributed by atoms with Gasteiger partial charge in [-0.15, -0.1) is 0 Å². The molecule has 2 aromatic carbocycles. The summed E-state index contributed by atoms with van der Waals surface area (Å²) in [6.45, 7) is 8.99. The summed E-state index contributed by atoms with van der Waals surface area (Å²) in [5, 5.41) is 4.10. The van der Waals surface area contributed by atoms with Gasteiger partial charge in [0.1, 0.15) is 12.4 Å². The quantitative estimate of drug-likeness (QED) is 0.824. The third-order valence-electron chi connectivity index (χ3n) is 7.31. The first-order valence-corrected chi connectivity index (χ1v) is 11.1. The van der Waals surface area contributed by atoms with Gasteiger partial charge in [0.15, 0.2) is 0 Å². The average Bonchev–Trinajstić information content (AvgIpc) is 2.91. The van der Waals surface area contributed by atoms with Gasteiger partial charge >= 0.3 is 0 Å². The first kappa shape index (κ1) is 18.2. The lowest BCUT2D eigenvalue weighted by Crippen LogP contribution is -2.56. The van der Waals surface area contributed by atoms with Gasteiger partial charge in [-0.1, -0.05) is 44.2 Å². The number of hydrogen-bond donors (Lipinski definition) is 1. The summed E-state index contributed by atoms with van der Waals surface area (Å²) in [6, 6.07) is 16.5. The second-order valence-electron chi connectivity index (χ2n) is 8.94. The first-order valence-electron chi connectivity index (χ1n) is 11.1. The molecule has 3 saturated heterocycles. The van der Waals surface area contributed by atoms with Crippen LogP contribution in [0.5, 0.6) is 5.75 Å². The van der Waals surface area contributed by atoms with Crippen molar-refractivity contribution >= 4 is 0 Å². The number of rotatable bonds is 4. The van der Waals surface area contributed by atoms with Crippen LogP contribution >= 0.6 is 0 Å². The third-order valence-corrected chi connectivity index (χ3v) is 7.31. The minimum Gasteiger partial charge on any atom is -0.489 e. The molecule has 3 nitrogen and oxygen atoms in total. The van der Waals surface area contributed by atoms with Gasteiger partial charge in [-0.25, -0.2) is 0 Å². The largest absolute Gasteiger partial charge is 0.489 e. The predicted molar refractivity (Wildman–Crippen MR) is 114 cm³/mol. The van der Waals surface area contributed by atoms with Crippen LogP contribution in [0.2, 0.25) is 0 Å². The zero-order valence-electron chi connectivity index (χ0n) is 17.2. The van der Waals surface area contributed by atoms with Crippen LogP contribution in [0, 0.1) is 5.92 Å². The molecule has 3 fully saturated rings. The highest BCUT2D eigenvalue weighted by molar-refractivity contribution is 5.48. The molecule has 4 aliphatic heterocycles. The fourth-order valence-electron chi connectivity index (χ4n) is 5.28. The van der Waals surface area contributed by atoms with Gasteiger partial charge in [0.25, 0.3) is 0 Å². The Morgan fingerprint density at radius 2 is 1.93 bits per heavy atom. The molecule has 0 aliphatic carbocycles. The monoisotopic (exact) mass is 376 g/mol. The minimum absolute atomic E-state index is 0.211. The number of ether oxygens (including phenoxy) is 1. The molecule has 1 N–H and O–H groups in total. The van der Waals surface area contributed by atoms with Crippen molar-refractivity contribution in [2.75, 3.05) is 19.6 Å². The maximum Gasteiger partial charge on any atom is 0.124 e. The highest BCUT2D eigenvalue weighted by atomic mass is 16.5. The number of nitrogens with zero attached hydrogens (tertiary/aromatic N) is 1. The fraction of sp³-hybridized carbons (Fsp3) is 0.520. The summed E-state index contributed by atoms with van der Waals surface area (Å²) in [6.07, 6.45) is 3.83. The molecule has 6 rings (SSSR count). The highest BCUT2D eigenvalue weighted by Gasteiger charge is 2.37. The van der Waals surface area contributed by atoms with Gasteiger partial charge in [0.05, 0.1) is 6.04 Å². The second kappa shape index (κ2) is 7.53. The van der Waals surface area contributed by atoms with Crippen LogP contribution in [0.1, 0.15) is 67.3 Å². The van der Waals surface area contributed by atoms with Crippen LogP contribution in [0.3, 0.4) is 0 Å². The summed E-state index contributed by atoms with van der Waals surface area (Å²) in [5.74, 6) is 2.42. The number of piperidine rings is 3. The molecule has 28 heavy (non-hydrogen) atoms. The van der Waals surface area contributed by atoms with Crippen molar-refractivity contribution in [2.24, 2.45) is 5.92 Å². The summed E-state index contributed by atoms with van der Waals surface area (Å²) >= 11 is 0. The van der Waals surface area contributed by atoms with Crippen LogP contribution in [0.4, 0.5) is 0 Å². The Morgan fingerprint density at radius 3 is 2.68 bits per heavy atom. The number of benzene rings is 2. The summed E-state index contributed by atoms with van der Waals surface area (Å²) in [5.41, 5.74) is 5.44. The molecule has 0 spiro atoms. The average molecular weight is 377 g/mol. The van der Waals surface area contributed by atoms with E-state index < -0.39 is 0 Å². The van der Waals surface area contributed by atoms with E-state index in [-0.39, 0.29) is 6.04 Å². The van der Waals surface area contributed by atoms with Gasteiger partial charge in [0.2, 0.25) is 0 Å². The Morgan fingerprint density at radius 1 is 1.11 bits per heavy atom. The zero-order chi connectivity index (χ0) is 19.1. The zero-order valence-corrected chi connectivity index (χ0v) is 17.2. The van der Waals surface area contributed by atoms with Gasteiger partial charge in [0, 0.05) is 18.2 Å². The normalized spacial score (nSPS) is 29.4. The van der Waals surface area contributed by atoms with Crippen molar-refractivity contribution in [1.29, 1.82) is 0 Å². The number of nitrogens with one attached hydrogen (secondary N) is 1. The fourth-order valence-corrected chi connectivity index (χ4v) is 5.28. The Kier molecular flexibility index (Phi) is 4.90. The number of fused-ring (bicyclic) bond motifs is 5. The van der Waals surface area contributed by atoms with E-state index in [2.05, 4.69) is 66.5 Å². The summed E-state index contributed by atoms with van der Waals surface area (Å²) < 4.78 is 6.27. The highest BCUT2D eigenvalue weighted by Crippen LogP contribution is 2.39. The molecular formula is C25H32N2O. The van der Waals surface area contributed by atoms with Crippen molar-refractivity contribution in [2.45, 2.75) is 57.7 Å². The second-order valence-corrected chi connectivity index (χ2v) is 8.94. The lowest BCUT2D eigenvalue weighted by Gasteiger charge is -2.46. The molecule has 148 valence electrons. The van der Waals surface area contributed by atoms with Crippen molar-refractivity contribution in [3.8, 4) is 5.75 Å².